The van der Waals surface area contributed by atoms with Crippen LogP contribution in [-0.2, 0) is 4.79 Å². The van der Waals surface area contributed by atoms with Crippen LogP contribution < -0.4 is 10.1 Å². The number of amides is 1. The highest BCUT2D eigenvalue weighted by Crippen LogP contribution is 2.21. The summed E-state index contributed by atoms with van der Waals surface area (Å²) in [7, 11) is 0. The van der Waals surface area contributed by atoms with Crippen molar-refractivity contribution >= 4 is 17.4 Å². The Morgan fingerprint density at radius 2 is 1.56 bits per heavy atom. The summed E-state index contributed by atoms with van der Waals surface area (Å²) in [5.74, 6) is 0.227. The molecule has 0 fully saturated rings. The molecular weight excluding hydrogens is 338 g/mol. The van der Waals surface area contributed by atoms with Crippen LogP contribution in [0.3, 0.4) is 0 Å². The van der Waals surface area contributed by atoms with E-state index < -0.39 is 0 Å². The fraction of sp³-hybridized carbons (Fsp3) is 0.130. The number of hydrogen-bond acceptors (Lipinski definition) is 3. The topological polar surface area (TPSA) is 55.4 Å². The zero-order chi connectivity index (χ0) is 19.2. The van der Waals surface area contributed by atoms with Gasteiger partial charge in [0.25, 0.3) is 5.91 Å². The van der Waals surface area contributed by atoms with Crippen LogP contribution in [-0.4, -0.2) is 18.3 Å². The molecule has 0 spiro atoms. The molecule has 3 aromatic carbocycles. The Kier molecular flexibility index (Phi) is 5.67. The minimum atomic E-state index is -0.316. The number of ether oxygens (including phenoxy) is 1. The fourth-order valence-corrected chi connectivity index (χ4v) is 2.75. The second kappa shape index (κ2) is 8.32. The summed E-state index contributed by atoms with van der Waals surface area (Å²) in [6.45, 7) is 3.82. The lowest BCUT2D eigenvalue weighted by Crippen LogP contribution is -2.22. The van der Waals surface area contributed by atoms with Gasteiger partial charge >= 0.3 is 0 Å². The van der Waals surface area contributed by atoms with Crippen molar-refractivity contribution in [3.8, 4) is 5.75 Å². The molecule has 1 amide bonds. The van der Waals surface area contributed by atoms with E-state index in [4.69, 9.17) is 4.74 Å². The number of ketones is 1. The minimum Gasteiger partial charge on any atom is -0.483 e. The Labute approximate surface area is 158 Å². The minimum absolute atomic E-state index is 0.127. The van der Waals surface area contributed by atoms with Crippen LogP contribution >= 0.6 is 0 Å². The average molecular weight is 359 g/mol. The van der Waals surface area contributed by atoms with Crippen LogP contribution in [0.5, 0.6) is 5.75 Å². The Morgan fingerprint density at radius 1 is 0.852 bits per heavy atom. The quantitative estimate of drug-likeness (QED) is 0.657. The molecule has 0 atom stereocenters. The third-order valence-electron chi connectivity index (χ3n) is 4.40. The molecule has 0 saturated heterocycles. The van der Waals surface area contributed by atoms with Crippen molar-refractivity contribution in [2.75, 3.05) is 11.9 Å². The number of rotatable bonds is 6. The van der Waals surface area contributed by atoms with Crippen molar-refractivity contribution in [2.24, 2.45) is 0 Å². The van der Waals surface area contributed by atoms with Crippen LogP contribution in [0.2, 0.25) is 0 Å². The summed E-state index contributed by atoms with van der Waals surface area (Å²) in [4.78, 5) is 25.1. The third kappa shape index (κ3) is 4.42. The van der Waals surface area contributed by atoms with Gasteiger partial charge in [-0.25, -0.2) is 0 Å². The molecule has 3 aromatic rings. The molecule has 136 valence electrons. The van der Waals surface area contributed by atoms with E-state index in [2.05, 4.69) is 5.32 Å². The maximum Gasteiger partial charge on any atom is 0.262 e. The van der Waals surface area contributed by atoms with E-state index in [1.807, 2.05) is 50.2 Å². The Bertz CT molecular complexity index is 964. The molecule has 0 bridgehead atoms. The predicted octanol–water partition coefficient (Wildman–Crippen LogP) is 4.55. The van der Waals surface area contributed by atoms with Gasteiger partial charge in [-0.3, -0.25) is 9.59 Å². The number of benzene rings is 3. The molecule has 1 N–H and O–H groups in total. The molecule has 0 unspecified atom stereocenters. The van der Waals surface area contributed by atoms with Gasteiger partial charge in [-0.1, -0.05) is 54.6 Å². The van der Waals surface area contributed by atoms with E-state index in [-0.39, 0.29) is 18.3 Å². The zero-order valence-corrected chi connectivity index (χ0v) is 15.4. The van der Waals surface area contributed by atoms with Crippen molar-refractivity contribution < 1.29 is 14.3 Å². The highest BCUT2D eigenvalue weighted by atomic mass is 16.5. The van der Waals surface area contributed by atoms with Crippen LogP contribution in [0.15, 0.2) is 72.8 Å². The highest BCUT2D eigenvalue weighted by molar-refractivity contribution is 6.13. The molecule has 4 heteroatoms. The number of carbonyl (C=O) groups excluding carboxylic acids is 2. The van der Waals surface area contributed by atoms with Crippen molar-refractivity contribution in [3.05, 3.63) is 95.1 Å². The summed E-state index contributed by atoms with van der Waals surface area (Å²) < 4.78 is 5.64. The molecular formula is C23H21NO3. The highest BCUT2D eigenvalue weighted by Gasteiger charge is 2.15. The van der Waals surface area contributed by atoms with Crippen molar-refractivity contribution in [1.82, 2.24) is 0 Å². The van der Waals surface area contributed by atoms with Gasteiger partial charge in [-0.2, -0.15) is 0 Å². The first-order valence-corrected chi connectivity index (χ1v) is 8.74. The second-order valence-corrected chi connectivity index (χ2v) is 6.28. The Morgan fingerprint density at radius 3 is 2.33 bits per heavy atom. The summed E-state index contributed by atoms with van der Waals surface area (Å²) in [6.07, 6.45) is 0. The summed E-state index contributed by atoms with van der Waals surface area (Å²) in [5.41, 5.74) is 3.60. The second-order valence-electron chi connectivity index (χ2n) is 6.28. The third-order valence-corrected chi connectivity index (χ3v) is 4.40. The van der Waals surface area contributed by atoms with E-state index in [1.54, 1.807) is 36.4 Å². The van der Waals surface area contributed by atoms with Gasteiger partial charge in [-0.05, 0) is 43.2 Å². The van der Waals surface area contributed by atoms with Gasteiger partial charge in [-0.15, -0.1) is 0 Å². The molecule has 27 heavy (non-hydrogen) atoms. The van der Waals surface area contributed by atoms with Gasteiger partial charge in [0.2, 0.25) is 0 Å². The molecule has 0 aliphatic heterocycles. The van der Waals surface area contributed by atoms with Crippen LogP contribution in [0.1, 0.15) is 27.0 Å². The molecule has 3 rings (SSSR count). The summed E-state index contributed by atoms with van der Waals surface area (Å²) >= 11 is 0. The number of para-hydroxylation sites is 1. The van der Waals surface area contributed by atoms with E-state index in [0.29, 0.717) is 22.6 Å². The van der Waals surface area contributed by atoms with Crippen LogP contribution in [0.25, 0.3) is 0 Å². The number of aryl methyl sites for hydroxylation is 1. The molecule has 0 aromatic heterocycles. The Hall–Kier alpha value is -3.40. The monoisotopic (exact) mass is 359 g/mol. The van der Waals surface area contributed by atoms with Gasteiger partial charge in [0.15, 0.2) is 12.4 Å². The number of hydrogen-bond donors (Lipinski definition) is 1. The molecule has 0 radical (unpaired) electrons. The number of anilines is 1. The van der Waals surface area contributed by atoms with E-state index in [9.17, 15) is 9.59 Å². The van der Waals surface area contributed by atoms with Gasteiger partial charge in [0.05, 0.1) is 5.69 Å². The zero-order valence-electron chi connectivity index (χ0n) is 15.4. The summed E-state index contributed by atoms with van der Waals surface area (Å²) in [5, 5.41) is 2.78. The first-order valence-electron chi connectivity index (χ1n) is 8.74. The SMILES string of the molecule is Cc1cccc(OCC(=O)Nc2ccccc2C(=O)c2ccccc2)c1C. The molecule has 4 nitrogen and oxygen atoms in total. The largest absolute Gasteiger partial charge is 0.483 e. The maximum atomic E-state index is 12.7. The lowest BCUT2D eigenvalue weighted by atomic mass is 10.0. The Balaban J connectivity index is 1.71. The first-order chi connectivity index (χ1) is 13.1. The standard InChI is InChI=1S/C23H21NO3/c1-16-9-8-14-21(17(16)2)27-15-22(25)24-20-13-7-6-12-19(20)23(26)18-10-4-3-5-11-18/h3-14H,15H2,1-2H3,(H,24,25). The van der Waals surface area contributed by atoms with E-state index in [0.717, 1.165) is 11.1 Å². The molecule has 0 aliphatic carbocycles. The fourth-order valence-electron chi connectivity index (χ4n) is 2.75. The molecule has 0 heterocycles. The number of nitrogens with one attached hydrogen (secondary N) is 1. The normalized spacial score (nSPS) is 10.3. The molecule has 0 saturated carbocycles. The van der Waals surface area contributed by atoms with Crippen LogP contribution in [0, 0.1) is 13.8 Å². The average Bonchev–Trinajstić information content (AvgIpc) is 2.70. The van der Waals surface area contributed by atoms with Crippen molar-refractivity contribution in [3.63, 3.8) is 0 Å². The van der Waals surface area contributed by atoms with Crippen molar-refractivity contribution in [2.45, 2.75) is 13.8 Å². The van der Waals surface area contributed by atoms with Crippen molar-refractivity contribution in [1.29, 1.82) is 0 Å². The van der Waals surface area contributed by atoms with Gasteiger partial charge in [0, 0.05) is 11.1 Å². The lowest BCUT2D eigenvalue weighted by Gasteiger charge is -2.13. The lowest BCUT2D eigenvalue weighted by molar-refractivity contribution is -0.118. The smallest absolute Gasteiger partial charge is 0.262 e. The van der Waals surface area contributed by atoms with Crippen LogP contribution in [0.4, 0.5) is 5.69 Å². The van der Waals surface area contributed by atoms with Gasteiger partial charge in [0.1, 0.15) is 5.75 Å². The predicted molar refractivity (Wildman–Crippen MR) is 106 cm³/mol. The van der Waals surface area contributed by atoms with E-state index >= 15 is 0 Å². The van der Waals surface area contributed by atoms with Gasteiger partial charge < -0.3 is 10.1 Å². The summed E-state index contributed by atoms with van der Waals surface area (Å²) in [6, 6.07) is 21.7. The van der Waals surface area contributed by atoms with E-state index in [1.165, 1.54) is 0 Å². The first kappa shape index (κ1) is 18.4. The number of carbonyl (C=O) groups is 2. The molecule has 0 aliphatic rings. The maximum absolute atomic E-state index is 12.7.